The van der Waals surface area contributed by atoms with E-state index in [-0.39, 0.29) is 6.54 Å². The molecule has 100 valence electrons. The minimum absolute atomic E-state index is 0.0820. The van der Waals surface area contributed by atoms with Gasteiger partial charge in [-0.15, -0.1) is 0 Å². The highest BCUT2D eigenvalue weighted by atomic mass is 35.5. The summed E-state index contributed by atoms with van der Waals surface area (Å²) in [4.78, 5) is 16.4. The molecule has 0 aliphatic heterocycles. The van der Waals surface area contributed by atoms with Crippen LogP contribution >= 0.6 is 11.6 Å². The molecule has 0 radical (unpaired) electrons. The van der Waals surface area contributed by atoms with E-state index in [0.29, 0.717) is 10.7 Å². The van der Waals surface area contributed by atoms with Crippen LogP contribution in [0.4, 0.5) is 0 Å². The number of hydrogen-bond acceptors (Lipinski definition) is 4. The van der Waals surface area contributed by atoms with E-state index in [1.54, 1.807) is 25.3 Å². The SMILES string of the molecule is CC(C)(C)OC(=O)C(C)(CN)c1ncccc1Cl. The van der Waals surface area contributed by atoms with Crippen LogP contribution in [0.25, 0.3) is 0 Å². The Morgan fingerprint density at radius 2 is 2.06 bits per heavy atom. The number of nitrogens with two attached hydrogens (primary N) is 1. The summed E-state index contributed by atoms with van der Waals surface area (Å²) in [5.41, 5.74) is 4.57. The molecule has 0 fully saturated rings. The fourth-order valence-corrected chi connectivity index (χ4v) is 1.79. The largest absolute Gasteiger partial charge is 0.459 e. The van der Waals surface area contributed by atoms with Gasteiger partial charge in [-0.05, 0) is 39.8 Å². The Kier molecular flexibility index (Phi) is 4.35. The third-order valence-corrected chi connectivity index (χ3v) is 2.84. The van der Waals surface area contributed by atoms with Gasteiger partial charge in [-0.25, -0.2) is 0 Å². The molecule has 0 saturated heterocycles. The average Bonchev–Trinajstić information content (AvgIpc) is 2.26. The highest BCUT2D eigenvalue weighted by Gasteiger charge is 2.40. The van der Waals surface area contributed by atoms with Gasteiger partial charge in [0.25, 0.3) is 0 Å². The zero-order valence-corrected chi connectivity index (χ0v) is 11.9. The first kappa shape index (κ1) is 14.9. The van der Waals surface area contributed by atoms with Gasteiger partial charge >= 0.3 is 5.97 Å². The van der Waals surface area contributed by atoms with Gasteiger partial charge in [0.2, 0.25) is 0 Å². The molecule has 0 amide bonds. The molecular formula is C13H19ClN2O2. The molecule has 0 saturated carbocycles. The first-order valence-corrected chi connectivity index (χ1v) is 6.13. The Morgan fingerprint density at radius 1 is 1.44 bits per heavy atom. The molecule has 4 nitrogen and oxygen atoms in total. The van der Waals surface area contributed by atoms with Crippen LogP contribution in [-0.2, 0) is 14.9 Å². The van der Waals surface area contributed by atoms with Gasteiger partial charge in [0, 0.05) is 12.7 Å². The molecule has 2 N–H and O–H groups in total. The Bertz CT molecular complexity index is 443. The number of aromatic nitrogens is 1. The van der Waals surface area contributed by atoms with Gasteiger partial charge in [0.05, 0.1) is 10.7 Å². The molecule has 1 atom stereocenters. The Balaban J connectivity index is 3.14. The first-order chi connectivity index (χ1) is 8.20. The molecule has 0 bridgehead atoms. The minimum Gasteiger partial charge on any atom is -0.459 e. The summed E-state index contributed by atoms with van der Waals surface area (Å²) in [6.45, 7) is 7.19. The van der Waals surface area contributed by atoms with Crippen LogP contribution in [0.2, 0.25) is 5.02 Å². The van der Waals surface area contributed by atoms with E-state index in [2.05, 4.69) is 4.98 Å². The number of carbonyl (C=O) groups excluding carboxylic acids is 1. The van der Waals surface area contributed by atoms with Gasteiger partial charge in [0.1, 0.15) is 11.0 Å². The molecule has 0 aliphatic rings. The Labute approximate surface area is 112 Å². The predicted octanol–water partition coefficient (Wildman–Crippen LogP) is 2.29. The summed E-state index contributed by atoms with van der Waals surface area (Å²) in [7, 11) is 0. The highest BCUT2D eigenvalue weighted by molar-refractivity contribution is 6.31. The van der Waals surface area contributed by atoms with Crippen LogP contribution in [0, 0.1) is 0 Å². The summed E-state index contributed by atoms with van der Waals surface area (Å²) in [5, 5.41) is 0.413. The van der Waals surface area contributed by atoms with Crippen LogP contribution in [0.5, 0.6) is 0 Å². The first-order valence-electron chi connectivity index (χ1n) is 5.75. The van der Waals surface area contributed by atoms with Crippen molar-refractivity contribution in [2.45, 2.75) is 38.7 Å². The van der Waals surface area contributed by atoms with Gasteiger partial charge in [-0.3, -0.25) is 9.78 Å². The summed E-state index contributed by atoms with van der Waals surface area (Å²) in [6.07, 6.45) is 1.58. The van der Waals surface area contributed by atoms with Crippen molar-refractivity contribution in [3.05, 3.63) is 29.0 Å². The van der Waals surface area contributed by atoms with Crippen LogP contribution in [0.15, 0.2) is 18.3 Å². The fraction of sp³-hybridized carbons (Fsp3) is 0.538. The third-order valence-electron chi connectivity index (χ3n) is 2.54. The number of halogens is 1. The lowest BCUT2D eigenvalue weighted by atomic mass is 9.86. The lowest BCUT2D eigenvalue weighted by Gasteiger charge is -2.30. The zero-order valence-electron chi connectivity index (χ0n) is 11.2. The van der Waals surface area contributed by atoms with Gasteiger partial charge in [0.15, 0.2) is 0 Å². The van der Waals surface area contributed by atoms with Crippen molar-refractivity contribution >= 4 is 17.6 Å². The van der Waals surface area contributed by atoms with Crippen LogP contribution in [-0.4, -0.2) is 23.1 Å². The maximum absolute atomic E-state index is 12.3. The average molecular weight is 271 g/mol. The third kappa shape index (κ3) is 3.21. The quantitative estimate of drug-likeness (QED) is 0.856. The van der Waals surface area contributed by atoms with Crippen LogP contribution in [0.3, 0.4) is 0 Å². The van der Waals surface area contributed by atoms with E-state index < -0.39 is 17.0 Å². The Hall–Kier alpha value is -1.13. The topological polar surface area (TPSA) is 65.2 Å². The molecular weight excluding hydrogens is 252 g/mol. The van der Waals surface area contributed by atoms with E-state index in [1.807, 2.05) is 20.8 Å². The summed E-state index contributed by atoms with van der Waals surface area (Å²) >= 11 is 6.08. The maximum atomic E-state index is 12.3. The van der Waals surface area contributed by atoms with E-state index in [4.69, 9.17) is 22.1 Å². The Morgan fingerprint density at radius 3 is 2.50 bits per heavy atom. The summed E-state index contributed by atoms with van der Waals surface area (Å²) in [5.74, 6) is -0.418. The van der Waals surface area contributed by atoms with Gasteiger partial charge in [-0.1, -0.05) is 11.6 Å². The summed E-state index contributed by atoms with van der Waals surface area (Å²) < 4.78 is 5.39. The highest BCUT2D eigenvalue weighted by Crippen LogP contribution is 2.30. The lowest BCUT2D eigenvalue weighted by molar-refractivity contribution is -0.161. The number of hydrogen-bond donors (Lipinski definition) is 1. The second-order valence-electron chi connectivity index (χ2n) is 5.37. The molecule has 1 aromatic heterocycles. The zero-order chi connectivity index (χ0) is 14.0. The van der Waals surface area contributed by atoms with Crippen LogP contribution < -0.4 is 5.73 Å². The standard InChI is InChI=1S/C13H19ClN2O2/c1-12(2,3)18-11(17)13(4,8-15)10-9(14)6-5-7-16-10/h5-7H,8,15H2,1-4H3. The normalized spacial score (nSPS) is 15.0. The fourth-order valence-electron chi connectivity index (χ4n) is 1.46. The smallest absolute Gasteiger partial charge is 0.319 e. The van der Waals surface area contributed by atoms with E-state index in [9.17, 15) is 4.79 Å². The van der Waals surface area contributed by atoms with Crippen molar-refractivity contribution in [3.8, 4) is 0 Å². The number of nitrogens with zero attached hydrogens (tertiary/aromatic N) is 1. The van der Waals surface area contributed by atoms with Crippen LogP contribution in [0.1, 0.15) is 33.4 Å². The van der Waals surface area contributed by atoms with E-state index >= 15 is 0 Å². The molecule has 18 heavy (non-hydrogen) atoms. The monoisotopic (exact) mass is 270 g/mol. The second-order valence-corrected chi connectivity index (χ2v) is 5.78. The van der Waals surface area contributed by atoms with E-state index in [0.717, 1.165) is 0 Å². The molecule has 0 aromatic carbocycles. The van der Waals surface area contributed by atoms with Crippen molar-refractivity contribution in [1.29, 1.82) is 0 Å². The second kappa shape index (κ2) is 5.24. The number of carbonyl (C=O) groups is 1. The molecule has 0 aliphatic carbocycles. The molecule has 1 rings (SSSR count). The minimum atomic E-state index is -1.04. The number of ether oxygens (including phenoxy) is 1. The summed E-state index contributed by atoms with van der Waals surface area (Å²) in [6, 6.07) is 3.39. The maximum Gasteiger partial charge on any atom is 0.319 e. The van der Waals surface area contributed by atoms with E-state index in [1.165, 1.54) is 0 Å². The lowest BCUT2D eigenvalue weighted by Crippen LogP contribution is -2.45. The van der Waals surface area contributed by atoms with Gasteiger partial charge < -0.3 is 10.5 Å². The molecule has 5 heteroatoms. The van der Waals surface area contributed by atoms with Crippen molar-refractivity contribution in [2.24, 2.45) is 5.73 Å². The predicted molar refractivity (Wildman–Crippen MR) is 71.5 cm³/mol. The number of esters is 1. The molecule has 1 unspecified atom stereocenters. The van der Waals surface area contributed by atoms with Crippen molar-refractivity contribution in [1.82, 2.24) is 4.98 Å². The number of rotatable bonds is 3. The van der Waals surface area contributed by atoms with Crippen molar-refractivity contribution < 1.29 is 9.53 Å². The van der Waals surface area contributed by atoms with Crippen molar-refractivity contribution in [2.75, 3.05) is 6.54 Å². The van der Waals surface area contributed by atoms with Gasteiger partial charge in [-0.2, -0.15) is 0 Å². The number of pyridine rings is 1. The molecule has 1 heterocycles. The molecule has 1 aromatic rings. The molecule has 0 spiro atoms. The van der Waals surface area contributed by atoms with Crippen molar-refractivity contribution in [3.63, 3.8) is 0 Å².